The molecule has 0 aromatic heterocycles. The first-order chi connectivity index (χ1) is 14.1. The largest absolute Gasteiger partial charge is 0.348 e. The molecule has 3 aliphatic rings. The minimum Gasteiger partial charge on any atom is -0.348 e. The molecule has 3 nitrogen and oxygen atoms in total. The lowest BCUT2D eigenvalue weighted by Gasteiger charge is -2.51. The second-order valence-corrected chi connectivity index (χ2v) is 9.74. The summed E-state index contributed by atoms with van der Waals surface area (Å²) in [6.45, 7) is 7.06. The SMILES string of the molecule is C[C@@]1(CN(Cc2ccccc2)Cc2ccccc2)CC2(CCC13CC3)OCCO2. The monoisotopic (exact) mass is 391 g/mol. The number of benzene rings is 2. The molecule has 3 heteroatoms. The topological polar surface area (TPSA) is 21.7 Å². The van der Waals surface area contributed by atoms with Crippen LogP contribution in [-0.2, 0) is 22.6 Å². The lowest BCUT2D eigenvalue weighted by atomic mass is 9.62. The van der Waals surface area contributed by atoms with E-state index in [-0.39, 0.29) is 11.2 Å². The van der Waals surface area contributed by atoms with Crippen LogP contribution in [0, 0.1) is 10.8 Å². The van der Waals surface area contributed by atoms with Gasteiger partial charge >= 0.3 is 0 Å². The third kappa shape index (κ3) is 3.88. The van der Waals surface area contributed by atoms with Crippen LogP contribution in [0.15, 0.2) is 60.7 Å². The summed E-state index contributed by atoms with van der Waals surface area (Å²) in [7, 11) is 0. The van der Waals surface area contributed by atoms with Gasteiger partial charge in [0.05, 0.1) is 13.2 Å². The van der Waals surface area contributed by atoms with Crippen molar-refractivity contribution in [1.82, 2.24) is 4.90 Å². The first-order valence-electron chi connectivity index (χ1n) is 11.2. The fourth-order valence-electron chi connectivity index (χ4n) is 5.92. The van der Waals surface area contributed by atoms with E-state index in [0.29, 0.717) is 5.41 Å². The van der Waals surface area contributed by atoms with Crippen molar-refractivity contribution in [3.63, 3.8) is 0 Å². The van der Waals surface area contributed by atoms with Crippen LogP contribution < -0.4 is 0 Å². The Balaban J connectivity index is 1.40. The van der Waals surface area contributed by atoms with E-state index in [4.69, 9.17) is 9.47 Å². The summed E-state index contributed by atoms with van der Waals surface area (Å²) in [5, 5.41) is 0. The van der Waals surface area contributed by atoms with Crippen molar-refractivity contribution < 1.29 is 9.47 Å². The number of hydrogen-bond acceptors (Lipinski definition) is 3. The van der Waals surface area contributed by atoms with Crippen LogP contribution in [-0.4, -0.2) is 30.4 Å². The number of hydrogen-bond donors (Lipinski definition) is 0. The third-order valence-corrected chi connectivity index (χ3v) is 7.66. The highest BCUT2D eigenvalue weighted by Crippen LogP contribution is 2.68. The van der Waals surface area contributed by atoms with Gasteiger partial charge in [-0.1, -0.05) is 67.6 Å². The average molecular weight is 392 g/mol. The molecular formula is C26H33NO2. The molecule has 3 fully saturated rings. The van der Waals surface area contributed by atoms with Crippen LogP contribution in [0.3, 0.4) is 0 Å². The summed E-state index contributed by atoms with van der Waals surface area (Å²) in [4.78, 5) is 2.65. The van der Waals surface area contributed by atoms with Crippen molar-refractivity contribution in [2.75, 3.05) is 19.8 Å². The predicted octanol–water partition coefficient (Wildman–Crippen LogP) is 5.40. The van der Waals surface area contributed by atoms with E-state index in [0.717, 1.165) is 45.7 Å². The Bertz CT molecular complexity index is 770. The molecule has 2 aliphatic carbocycles. The fraction of sp³-hybridized carbons (Fsp3) is 0.538. The quantitative estimate of drug-likeness (QED) is 0.658. The molecular weight excluding hydrogens is 358 g/mol. The molecule has 1 atom stereocenters. The van der Waals surface area contributed by atoms with Crippen molar-refractivity contribution in [2.45, 2.75) is 57.9 Å². The van der Waals surface area contributed by atoms with Crippen molar-refractivity contribution in [3.05, 3.63) is 71.8 Å². The smallest absolute Gasteiger partial charge is 0.169 e. The Morgan fingerprint density at radius 2 is 1.28 bits per heavy atom. The van der Waals surface area contributed by atoms with E-state index in [1.165, 1.54) is 30.4 Å². The van der Waals surface area contributed by atoms with Gasteiger partial charge in [0.15, 0.2) is 5.79 Å². The maximum Gasteiger partial charge on any atom is 0.169 e. The normalized spacial score (nSPS) is 27.0. The average Bonchev–Trinajstić information content (AvgIpc) is 3.40. The van der Waals surface area contributed by atoms with Crippen LogP contribution in [0.25, 0.3) is 0 Å². The molecule has 0 bridgehead atoms. The zero-order valence-corrected chi connectivity index (χ0v) is 17.6. The van der Waals surface area contributed by atoms with Crippen molar-refractivity contribution >= 4 is 0 Å². The van der Waals surface area contributed by atoms with Crippen molar-refractivity contribution in [3.8, 4) is 0 Å². The van der Waals surface area contributed by atoms with E-state index < -0.39 is 0 Å². The molecule has 0 radical (unpaired) electrons. The zero-order chi connectivity index (χ0) is 19.8. The first-order valence-corrected chi connectivity index (χ1v) is 11.2. The summed E-state index contributed by atoms with van der Waals surface area (Å²) in [5.41, 5.74) is 3.48. The molecule has 0 amide bonds. The van der Waals surface area contributed by atoms with Gasteiger partial charge in [-0.05, 0) is 41.2 Å². The molecule has 2 aromatic carbocycles. The summed E-state index contributed by atoms with van der Waals surface area (Å²) < 4.78 is 12.4. The summed E-state index contributed by atoms with van der Waals surface area (Å²) in [5.74, 6) is -0.326. The Morgan fingerprint density at radius 1 is 0.759 bits per heavy atom. The van der Waals surface area contributed by atoms with Gasteiger partial charge in [-0.15, -0.1) is 0 Å². The Labute approximate surface area is 175 Å². The number of ether oxygens (including phenoxy) is 2. The van der Waals surface area contributed by atoms with Crippen molar-refractivity contribution in [2.24, 2.45) is 10.8 Å². The van der Waals surface area contributed by atoms with Crippen LogP contribution in [0.1, 0.15) is 50.2 Å². The van der Waals surface area contributed by atoms with Gasteiger partial charge in [0.1, 0.15) is 0 Å². The number of rotatable bonds is 6. The Kier molecular flexibility index (Phi) is 5.01. The van der Waals surface area contributed by atoms with Gasteiger partial charge in [0.2, 0.25) is 0 Å². The summed E-state index contributed by atoms with van der Waals surface area (Å²) >= 11 is 0. The molecule has 1 saturated heterocycles. The first kappa shape index (κ1) is 19.3. The molecule has 2 spiro atoms. The zero-order valence-electron chi connectivity index (χ0n) is 17.6. The number of nitrogens with zero attached hydrogens (tertiary/aromatic N) is 1. The van der Waals surface area contributed by atoms with Gasteiger partial charge in [0, 0.05) is 32.5 Å². The van der Waals surface area contributed by atoms with Gasteiger partial charge < -0.3 is 9.47 Å². The van der Waals surface area contributed by atoms with E-state index in [9.17, 15) is 0 Å². The van der Waals surface area contributed by atoms with Gasteiger partial charge in [-0.2, -0.15) is 0 Å². The molecule has 0 unspecified atom stereocenters. The second-order valence-electron chi connectivity index (χ2n) is 9.74. The van der Waals surface area contributed by atoms with Crippen LogP contribution >= 0.6 is 0 Å². The van der Waals surface area contributed by atoms with Gasteiger partial charge in [-0.3, -0.25) is 4.90 Å². The van der Waals surface area contributed by atoms with Crippen molar-refractivity contribution in [1.29, 1.82) is 0 Å². The molecule has 154 valence electrons. The maximum atomic E-state index is 6.18. The molecule has 2 saturated carbocycles. The van der Waals surface area contributed by atoms with E-state index >= 15 is 0 Å². The lowest BCUT2D eigenvalue weighted by Crippen LogP contribution is -2.51. The van der Waals surface area contributed by atoms with Gasteiger partial charge in [-0.25, -0.2) is 0 Å². The standard InChI is InChI=1S/C26H33NO2/c1-24(20-26(28-16-17-29-26)15-14-25(24)12-13-25)21-27(18-22-8-4-2-5-9-22)19-23-10-6-3-7-11-23/h2-11H,12-21H2,1H3/t24-/m0/s1. The van der Waals surface area contributed by atoms with E-state index in [2.05, 4.69) is 72.5 Å². The van der Waals surface area contributed by atoms with Crippen LogP contribution in [0.4, 0.5) is 0 Å². The summed E-state index contributed by atoms with van der Waals surface area (Å²) in [6, 6.07) is 21.8. The maximum absolute atomic E-state index is 6.18. The second kappa shape index (κ2) is 7.54. The molecule has 2 aromatic rings. The van der Waals surface area contributed by atoms with Crippen LogP contribution in [0.2, 0.25) is 0 Å². The van der Waals surface area contributed by atoms with Gasteiger partial charge in [0.25, 0.3) is 0 Å². The fourth-order valence-corrected chi connectivity index (χ4v) is 5.92. The Morgan fingerprint density at radius 3 is 1.79 bits per heavy atom. The lowest BCUT2D eigenvalue weighted by molar-refractivity contribution is -0.218. The van der Waals surface area contributed by atoms with E-state index in [1.807, 2.05) is 0 Å². The minimum absolute atomic E-state index is 0.221. The van der Waals surface area contributed by atoms with E-state index in [1.54, 1.807) is 0 Å². The highest BCUT2D eigenvalue weighted by Gasteiger charge is 2.63. The third-order valence-electron chi connectivity index (χ3n) is 7.66. The highest BCUT2D eigenvalue weighted by molar-refractivity contribution is 5.18. The Hall–Kier alpha value is -1.68. The molecule has 5 rings (SSSR count). The predicted molar refractivity (Wildman–Crippen MR) is 115 cm³/mol. The molecule has 1 aliphatic heterocycles. The molecule has 0 N–H and O–H groups in total. The molecule has 1 heterocycles. The molecule has 29 heavy (non-hydrogen) atoms. The minimum atomic E-state index is -0.326. The van der Waals surface area contributed by atoms with Crippen LogP contribution in [0.5, 0.6) is 0 Å². The highest BCUT2D eigenvalue weighted by atomic mass is 16.7. The summed E-state index contributed by atoms with van der Waals surface area (Å²) in [6.07, 6.45) is 6.07.